The number of carboxylic acid groups (broad SMARTS) is 1. The summed E-state index contributed by atoms with van der Waals surface area (Å²) < 4.78 is 28.3. The number of unbranched alkanes of at least 4 members (excludes halogenated alkanes) is 5. The highest BCUT2D eigenvalue weighted by molar-refractivity contribution is 5.95. The van der Waals surface area contributed by atoms with Crippen LogP contribution in [0.4, 0.5) is 10.5 Å². The number of rotatable bonds is 27. The van der Waals surface area contributed by atoms with Gasteiger partial charge in [0.05, 0.1) is 33.0 Å². The third kappa shape index (κ3) is 17.2. The fourth-order valence-corrected chi connectivity index (χ4v) is 6.99. The molecule has 3 heterocycles. The molecule has 0 radical (unpaired) electrons. The normalized spacial score (nSPS) is 13.7. The zero-order valence-electron chi connectivity index (χ0n) is 37.1. The van der Waals surface area contributed by atoms with Gasteiger partial charge in [-0.1, -0.05) is 31.0 Å². The fourth-order valence-electron chi connectivity index (χ4n) is 6.99. The Morgan fingerprint density at radius 2 is 1.41 bits per heavy atom. The van der Waals surface area contributed by atoms with E-state index in [1.807, 2.05) is 75.4 Å². The predicted octanol–water partition coefficient (Wildman–Crippen LogP) is 7.77. The van der Waals surface area contributed by atoms with Crippen LogP contribution in [0.25, 0.3) is 11.4 Å². The van der Waals surface area contributed by atoms with Gasteiger partial charge in [0.2, 0.25) is 0 Å². The molecule has 0 spiro atoms. The highest BCUT2D eigenvalue weighted by atomic mass is 16.6. The first-order valence-electron chi connectivity index (χ1n) is 22.1. The summed E-state index contributed by atoms with van der Waals surface area (Å²) in [5.74, 6) is 1.09. The van der Waals surface area contributed by atoms with E-state index in [2.05, 4.69) is 30.8 Å². The minimum absolute atomic E-state index is 0.202. The van der Waals surface area contributed by atoms with Crippen LogP contribution in [0.1, 0.15) is 107 Å². The number of benzene rings is 2. The molecule has 16 nitrogen and oxygen atoms in total. The molecule has 1 fully saturated rings. The summed E-state index contributed by atoms with van der Waals surface area (Å²) in [5.41, 5.74) is 1.76. The maximum absolute atomic E-state index is 13.4. The maximum Gasteiger partial charge on any atom is 0.410 e. The molecule has 342 valence electrons. The molecule has 1 aliphatic rings. The molecule has 16 heteroatoms. The number of hydrogen-bond donors (Lipinski definition) is 4. The topological polar surface area (TPSA) is 199 Å². The highest BCUT2D eigenvalue weighted by Crippen LogP contribution is 2.36. The predicted molar refractivity (Wildman–Crippen MR) is 239 cm³/mol. The first-order chi connectivity index (χ1) is 30.5. The number of H-pyrrole nitrogens is 1. The van der Waals surface area contributed by atoms with E-state index >= 15 is 0 Å². The Hall–Kier alpha value is -5.58. The monoisotopic (exact) mass is 871 g/mol. The van der Waals surface area contributed by atoms with Crippen molar-refractivity contribution in [3.05, 3.63) is 90.0 Å². The molecule has 2 amide bonds. The molecule has 4 aromatic rings. The van der Waals surface area contributed by atoms with Crippen LogP contribution in [0.3, 0.4) is 0 Å². The summed E-state index contributed by atoms with van der Waals surface area (Å²) in [5, 5.41) is 24.4. The molecule has 1 aliphatic heterocycles. The summed E-state index contributed by atoms with van der Waals surface area (Å²) >= 11 is 0. The van der Waals surface area contributed by atoms with Gasteiger partial charge < -0.3 is 49.3 Å². The lowest BCUT2D eigenvalue weighted by molar-refractivity contribution is -0.137. The van der Waals surface area contributed by atoms with Crippen LogP contribution in [0, 0.1) is 0 Å². The minimum Gasteiger partial charge on any atom is -0.494 e. The van der Waals surface area contributed by atoms with Crippen molar-refractivity contribution in [1.29, 1.82) is 0 Å². The summed E-state index contributed by atoms with van der Waals surface area (Å²) in [6.45, 7) is 10.9. The molecular formula is C47H65N7O9. The Labute approximate surface area is 370 Å². The van der Waals surface area contributed by atoms with Crippen molar-refractivity contribution in [3.63, 3.8) is 0 Å². The zero-order chi connectivity index (χ0) is 44.8. The molecule has 5 rings (SSSR count). The number of hydrogen-bond acceptors (Lipinski definition) is 12. The van der Waals surface area contributed by atoms with E-state index in [0.717, 1.165) is 61.1 Å². The molecule has 0 atom stereocenters. The van der Waals surface area contributed by atoms with Gasteiger partial charge in [0, 0.05) is 68.5 Å². The van der Waals surface area contributed by atoms with E-state index < -0.39 is 17.1 Å². The van der Waals surface area contributed by atoms with Gasteiger partial charge in [0.25, 0.3) is 5.91 Å². The lowest BCUT2D eigenvalue weighted by Gasteiger charge is -2.41. The molecular weight excluding hydrogens is 807 g/mol. The maximum atomic E-state index is 13.4. The Bertz CT molecular complexity index is 1960. The number of nitrogens with one attached hydrogen (secondary N) is 3. The fraction of sp³-hybridized carbons (Fsp3) is 0.532. The van der Waals surface area contributed by atoms with Crippen LogP contribution in [0.2, 0.25) is 0 Å². The van der Waals surface area contributed by atoms with Gasteiger partial charge in [-0.2, -0.15) is 0 Å². The van der Waals surface area contributed by atoms with Crippen molar-refractivity contribution in [2.24, 2.45) is 0 Å². The third-order valence-corrected chi connectivity index (χ3v) is 10.4. The number of carbonyl (C=O) groups is 3. The second-order valence-corrected chi connectivity index (χ2v) is 16.6. The number of anilines is 1. The lowest BCUT2D eigenvalue weighted by atomic mass is 9.86. The number of nitrogens with zero attached hydrogens (tertiary/aromatic N) is 4. The Kier molecular flexibility index (Phi) is 19.6. The van der Waals surface area contributed by atoms with Gasteiger partial charge in [-0.05, 0) is 114 Å². The molecule has 63 heavy (non-hydrogen) atoms. The smallest absolute Gasteiger partial charge is 0.410 e. The van der Waals surface area contributed by atoms with E-state index in [-0.39, 0.29) is 18.4 Å². The van der Waals surface area contributed by atoms with E-state index in [9.17, 15) is 14.4 Å². The number of carboxylic acids is 1. The first-order valence-corrected chi connectivity index (χ1v) is 22.1. The van der Waals surface area contributed by atoms with E-state index in [1.54, 1.807) is 23.4 Å². The van der Waals surface area contributed by atoms with Crippen molar-refractivity contribution in [1.82, 2.24) is 30.4 Å². The largest absolute Gasteiger partial charge is 0.494 e. The number of ether oxygens (including phenoxy) is 5. The number of aromatic nitrogens is 4. The second-order valence-electron chi connectivity index (χ2n) is 16.6. The highest BCUT2D eigenvalue weighted by Gasteiger charge is 2.41. The van der Waals surface area contributed by atoms with Crippen molar-refractivity contribution in [3.8, 4) is 17.1 Å². The molecule has 0 bridgehead atoms. The van der Waals surface area contributed by atoms with Gasteiger partial charge in [0.1, 0.15) is 16.9 Å². The van der Waals surface area contributed by atoms with Crippen molar-refractivity contribution in [2.45, 2.75) is 103 Å². The number of pyridine rings is 1. The summed E-state index contributed by atoms with van der Waals surface area (Å²) in [4.78, 5) is 46.1. The van der Waals surface area contributed by atoms with Crippen molar-refractivity contribution in [2.75, 3.05) is 64.7 Å². The third-order valence-electron chi connectivity index (χ3n) is 10.4. The number of likely N-dealkylation sites (tertiary alicyclic amines) is 1. The zero-order valence-corrected chi connectivity index (χ0v) is 37.1. The van der Waals surface area contributed by atoms with Gasteiger partial charge in [-0.25, -0.2) is 4.79 Å². The summed E-state index contributed by atoms with van der Waals surface area (Å²) in [7, 11) is 0. The SMILES string of the molecule is CC(C)(C)OC(=O)N1CCC(Nc2cccc(C(=O)NCc3ccc(OCCCCCCOCCOCCOCCCCCC(=O)O)cc3)c2)(c2nnc(-c3ccncc3)[nH]2)CC1. The van der Waals surface area contributed by atoms with Crippen molar-refractivity contribution >= 4 is 23.7 Å². The molecule has 4 N–H and O–H groups in total. The van der Waals surface area contributed by atoms with Crippen LogP contribution < -0.4 is 15.4 Å². The average Bonchev–Trinajstić information content (AvgIpc) is 3.78. The lowest BCUT2D eigenvalue weighted by Crippen LogP contribution is -2.50. The van der Waals surface area contributed by atoms with Crippen LogP contribution in [0.15, 0.2) is 73.1 Å². The molecule has 1 saturated heterocycles. The van der Waals surface area contributed by atoms with Crippen molar-refractivity contribution < 1.29 is 43.2 Å². The van der Waals surface area contributed by atoms with Crippen LogP contribution in [-0.2, 0) is 35.8 Å². The average molecular weight is 872 g/mol. The molecule has 0 unspecified atom stereocenters. The molecule has 2 aromatic heterocycles. The quantitative estimate of drug-likeness (QED) is 0.0424. The van der Waals surface area contributed by atoms with Crippen LogP contribution in [-0.4, -0.2) is 113 Å². The van der Waals surface area contributed by atoms with Gasteiger partial charge >= 0.3 is 12.1 Å². The second kappa shape index (κ2) is 25.5. The molecule has 0 saturated carbocycles. The van der Waals surface area contributed by atoms with E-state index in [1.165, 1.54) is 0 Å². The number of piperidine rings is 1. The summed E-state index contributed by atoms with van der Waals surface area (Å²) in [6.07, 6.45) is 10.8. The van der Waals surface area contributed by atoms with E-state index in [0.29, 0.717) is 102 Å². The standard InChI is InChI=1S/C47H65N7O9/c1-46(2,3)63-45(58)54-25-21-47(22-26-54,44-50-42(52-53-44)37-19-23-48-24-20-37)51-39-13-11-12-38(34-39)43(57)49-35-36-15-17-40(18-16-36)62-29-10-5-4-8-27-59-30-32-61-33-31-60-28-9-6-7-14-41(55)56/h11-13,15-20,23-24,34,51H,4-10,14,21-22,25-33,35H2,1-3H3,(H,49,57)(H,55,56)(H,50,52,53). The number of aromatic amines is 1. The first kappa shape index (κ1) is 48.5. The molecule has 2 aromatic carbocycles. The van der Waals surface area contributed by atoms with E-state index in [4.69, 9.17) is 28.8 Å². The minimum atomic E-state index is -0.751. The van der Waals surface area contributed by atoms with Gasteiger partial charge in [0.15, 0.2) is 11.6 Å². The van der Waals surface area contributed by atoms with Crippen LogP contribution >= 0.6 is 0 Å². The number of amides is 2. The number of carbonyl (C=O) groups excluding carboxylic acids is 2. The van der Waals surface area contributed by atoms with Gasteiger partial charge in [-0.15, -0.1) is 10.2 Å². The van der Waals surface area contributed by atoms with Gasteiger partial charge in [-0.3, -0.25) is 14.6 Å². The summed E-state index contributed by atoms with van der Waals surface area (Å²) in [6, 6.07) is 18.9. The Morgan fingerprint density at radius 3 is 2.06 bits per heavy atom. The Balaban J connectivity index is 0.986. The Morgan fingerprint density at radius 1 is 0.778 bits per heavy atom. The molecule has 0 aliphatic carbocycles. The van der Waals surface area contributed by atoms with Crippen LogP contribution in [0.5, 0.6) is 5.75 Å². The number of aliphatic carboxylic acids is 1.